The van der Waals surface area contributed by atoms with E-state index in [2.05, 4.69) is 173 Å². The van der Waals surface area contributed by atoms with Crippen LogP contribution in [0.2, 0.25) is 0 Å². The molecule has 252 valence electrons. The molecule has 8 aromatic carbocycles. The largest absolute Gasteiger partial charge is 0.454 e. The Morgan fingerprint density at radius 1 is 0.463 bits per heavy atom. The summed E-state index contributed by atoms with van der Waals surface area (Å²) in [6.45, 7) is 0. The highest BCUT2D eigenvalue weighted by molar-refractivity contribution is 7.26. The molecule has 0 saturated heterocycles. The minimum atomic E-state index is 0.873. The highest BCUT2D eigenvalue weighted by Crippen LogP contribution is 2.45. The lowest BCUT2D eigenvalue weighted by Gasteiger charge is -2.10. The first kappa shape index (κ1) is 29.6. The summed E-state index contributed by atoms with van der Waals surface area (Å²) in [6, 6.07) is 62.7. The number of fused-ring (bicyclic) bond motifs is 11. The van der Waals surface area contributed by atoms with Gasteiger partial charge in [-0.2, -0.15) is 0 Å². The van der Waals surface area contributed by atoms with Crippen molar-refractivity contribution in [1.29, 1.82) is 0 Å². The molecule has 0 unspecified atom stereocenters. The number of aromatic nitrogens is 3. The van der Waals surface area contributed by atoms with E-state index >= 15 is 0 Å². The Labute approximate surface area is 313 Å². The first-order chi connectivity index (χ1) is 26.8. The van der Waals surface area contributed by atoms with Crippen LogP contribution in [0.4, 0.5) is 0 Å². The Bertz CT molecular complexity index is 3440. The third-order valence-electron chi connectivity index (χ3n) is 11.0. The molecule has 0 spiro atoms. The number of nitrogens with zero attached hydrogens (tertiary/aromatic N) is 3. The van der Waals surface area contributed by atoms with Crippen molar-refractivity contribution in [2.24, 2.45) is 0 Å². The number of para-hydroxylation sites is 5. The Morgan fingerprint density at radius 2 is 1.17 bits per heavy atom. The molecule has 4 aromatic heterocycles. The third kappa shape index (κ3) is 4.21. The summed E-state index contributed by atoms with van der Waals surface area (Å²) >= 11 is 1.88. The van der Waals surface area contributed by atoms with Crippen LogP contribution in [0.15, 0.2) is 180 Å². The van der Waals surface area contributed by atoms with Gasteiger partial charge < -0.3 is 8.98 Å². The Kier molecular flexibility index (Phi) is 6.18. The van der Waals surface area contributed by atoms with Crippen LogP contribution in [-0.4, -0.2) is 14.1 Å². The molecular weight excluding hydrogens is 679 g/mol. The maximum Gasteiger partial charge on any atom is 0.159 e. The van der Waals surface area contributed by atoms with Crippen LogP contribution in [0.1, 0.15) is 0 Å². The van der Waals surface area contributed by atoms with Gasteiger partial charge in [0.25, 0.3) is 0 Å². The van der Waals surface area contributed by atoms with E-state index in [9.17, 15) is 0 Å². The van der Waals surface area contributed by atoms with Crippen molar-refractivity contribution in [2.75, 3.05) is 0 Å². The lowest BCUT2D eigenvalue weighted by Crippen LogP contribution is -1.97. The molecule has 0 aliphatic carbocycles. The van der Waals surface area contributed by atoms with E-state index in [4.69, 9.17) is 9.40 Å². The number of furan rings is 1. The van der Waals surface area contributed by atoms with Gasteiger partial charge in [-0.15, -0.1) is 11.3 Å². The third-order valence-corrected chi connectivity index (χ3v) is 12.2. The highest BCUT2D eigenvalue weighted by atomic mass is 32.1. The average molecular weight is 708 g/mol. The van der Waals surface area contributed by atoms with Gasteiger partial charge in [-0.05, 0) is 71.8 Å². The smallest absolute Gasteiger partial charge is 0.159 e. The summed E-state index contributed by atoms with van der Waals surface area (Å²) in [4.78, 5) is 5.07. The molecule has 4 nitrogen and oxygen atoms in total. The molecule has 12 rings (SSSR count). The molecule has 0 radical (unpaired) electrons. The normalized spacial score (nSPS) is 12.1. The van der Waals surface area contributed by atoms with Crippen LogP contribution in [0.5, 0.6) is 0 Å². The van der Waals surface area contributed by atoms with Crippen molar-refractivity contribution in [3.8, 4) is 33.9 Å². The minimum Gasteiger partial charge on any atom is -0.454 e. The molecule has 12 aromatic rings. The van der Waals surface area contributed by atoms with E-state index in [0.29, 0.717) is 0 Å². The lowest BCUT2D eigenvalue weighted by molar-refractivity contribution is 0.666. The molecule has 0 atom stereocenters. The first-order valence-electron chi connectivity index (χ1n) is 18.2. The molecule has 5 heteroatoms. The maximum atomic E-state index is 6.86. The number of hydrogen-bond donors (Lipinski definition) is 0. The number of imidazole rings is 1. The van der Waals surface area contributed by atoms with E-state index in [1.807, 2.05) is 23.5 Å². The van der Waals surface area contributed by atoms with Crippen LogP contribution in [0.3, 0.4) is 0 Å². The monoisotopic (exact) mass is 707 g/mol. The second kappa shape index (κ2) is 11.3. The van der Waals surface area contributed by atoms with Crippen LogP contribution < -0.4 is 0 Å². The SMILES string of the molecule is c1ccc(-n2c(-c3ccc(-c4ccc5c(c4)oc4c(-n6c7ccccc7c7c8sc9ccccc9c8ccc76)cccc45)cc3)nc3ccccc32)cc1. The summed E-state index contributed by atoms with van der Waals surface area (Å²) in [6.07, 6.45) is 0. The van der Waals surface area contributed by atoms with Gasteiger partial charge in [-0.25, -0.2) is 4.98 Å². The van der Waals surface area contributed by atoms with E-state index in [-0.39, 0.29) is 0 Å². The summed E-state index contributed by atoms with van der Waals surface area (Å²) in [5, 5.41) is 7.39. The lowest BCUT2D eigenvalue weighted by atomic mass is 10.0. The predicted molar refractivity (Wildman–Crippen MR) is 226 cm³/mol. The standard InChI is InChI=1S/C49H29N3OS/c1-2-11-33(12-3-1)51-41-18-8-6-16-39(41)50-49(51)31-23-21-30(22-24-31)32-25-26-34-36-15-10-19-43(47(36)53-44(34)29-32)52-40-17-7-4-14-38(40)46-42(52)28-27-37-35-13-5-9-20-45(35)54-48(37)46/h1-29H. The highest BCUT2D eigenvalue weighted by Gasteiger charge is 2.21. The topological polar surface area (TPSA) is 35.9 Å². The molecule has 0 saturated carbocycles. The number of hydrogen-bond acceptors (Lipinski definition) is 3. The van der Waals surface area contributed by atoms with Gasteiger partial charge in [0.1, 0.15) is 11.4 Å². The predicted octanol–water partition coefficient (Wildman–Crippen LogP) is 13.7. The molecule has 0 aliphatic heterocycles. The zero-order valence-corrected chi connectivity index (χ0v) is 29.7. The van der Waals surface area contributed by atoms with Gasteiger partial charge in [0.05, 0.1) is 27.8 Å². The van der Waals surface area contributed by atoms with Gasteiger partial charge in [0.2, 0.25) is 0 Å². The summed E-state index contributed by atoms with van der Waals surface area (Å²) in [5.41, 5.74) is 11.6. The van der Waals surface area contributed by atoms with Gasteiger partial charge in [-0.1, -0.05) is 115 Å². The molecule has 54 heavy (non-hydrogen) atoms. The van der Waals surface area contributed by atoms with Gasteiger partial charge >= 0.3 is 0 Å². The number of thiophene rings is 1. The average Bonchev–Trinajstić information content (AvgIpc) is 4.00. The minimum absolute atomic E-state index is 0.873. The van der Waals surface area contributed by atoms with Crippen molar-refractivity contribution in [3.05, 3.63) is 176 Å². The van der Waals surface area contributed by atoms with E-state index in [1.54, 1.807) is 0 Å². The second-order valence-electron chi connectivity index (χ2n) is 13.9. The molecule has 0 fully saturated rings. The molecular formula is C49H29N3OS. The summed E-state index contributed by atoms with van der Waals surface area (Å²) in [5.74, 6) is 0.923. The molecule has 0 bridgehead atoms. The molecule has 4 heterocycles. The van der Waals surface area contributed by atoms with Crippen LogP contribution in [0, 0.1) is 0 Å². The summed E-state index contributed by atoms with van der Waals surface area (Å²) < 4.78 is 14.1. The Balaban J connectivity index is 0.990. The molecule has 0 aliphatic rings. The van der Waals surface area contributed by atoms with Crippen molar-refractivity contribution < 1.29 is 4.42 Å². The zero-order valence-electron chi connectivity index (χ0n) is 28.9. The zero-order chi connectivity index (χ0) is 35.3. The van der Waals surface area contributed by atoms with Crippen molar-refractivity contribution in [1.82, 2.24) is 14.1 Å². The quantitative estimate of drug-likeness (QED) is 0.183. The fourth-order valence-corrected chi connectivity index (χ4v) is 9.76. The van der Waals surface area contributed by atoms with E-state index < -0.39 is 0 Å². The van der Waals surface area contributed by atoms with E-state index in [0.717, 1.165) is 66.9 Å². The number of rotatable bonds is 4. The van der Waals surface area contributed by atoms with Gasteiger partial charge in [0.15, 0.2) is 5.58 Å². The molecule has 0 N–H and O–H groups in total. The van der Waals surface area contributed by atoms with Crippen LogP contribution in [-0.2, 0) is 0 Å². The van der Waals surface area contributed by atoms with Crippen molar-refractivity contribution in [2.45, 2.75) is 0 Å². The van der Waals surface area contributed by atoms with Gasteiger partial charge in [0, 0.05) is 53.0 Å². The van der Waals surface area contributed by atoms with Gasteiger partial charge in [-0.3, -0.25) is 4.57 Å². The fourth-order valence-electron chi connectivity index (χ4n) is 8.50. The maximum absolute atomic E-state index is 6.86. The first-order valence-corrected chi connectivity index (χ1v) is 19.0. The second-order valence-corrected chi connectivity index (χ2v) is 15.0. The van der Waals surface area contributed by atoms with Crippen LogP contribution >= 0.6 is 11.3 Å². The Hall–Kier alpha value is -6.95. The Morgan fingerprint density at radius 3 is 2.06 bits per heavy atom. The molecule has 0 amide bonds. The number of benzene rings is 8. The van der Waals surface area contributed by atoms with E-state index in [1.165, 1.54) is 42.0 Å². The fraction of sp³-hybridized carbons (Fsp3) is 0. The van der Waals surface area contributed by atoms with Crippen LogP contribution in [0.25, 0.3) is 109 Å². The van der Waals surface area contributed by atoms with Crippen molar-refractivity contribution in [3.63, 3.8) is 0 Å². The van der Waals surface area contributed by atoms with Crippen molar-refractivity contribution >= 4 is 86.3 Å². The summed E-state index contributed by atoms with van der Waals surface area (Å²) in [7, 11) is 0.